The van der Waals surface area contributed by atoms with Crippen molar-refractivity contribution in [2.24, 2.45) is 0 Å². The fourth-order valence-electron chi connectivity index (χ4n) is 4.55. The van der Waals surface area contributed by atoms with Crippen molar-refractivity contribution in [3.05, 3.63) is 126 Å². The molecule has 4 heteroatoms. The van der Waals surface area contributed by atoms with Gasteiger partial charge in [-0.2, -0.15) is 0 Å². The molecule has 1 atom stereocenters. The molecule has 1 unspecified atom stereocenters. The molecule has 0 fully saturated rings. The van der Waals surface area contributed by atoms with E-state index in [0.29, 0.717) is 11.1 Å². The van der Waals surface area contributed by atoms with Crippen LogP contribution in [0.25, 0.3) is 0 Å². The maximum atomic E-state index is 14.3. The Morgan fingerprint density at radius 3 is 1.60 bits per heavy atom. The fourth-order valence-corrected chi connectivity index (χ4v) is 9.60. The van der Waals surface area contributed by atoms with Gasteiger partial charge in [0.2, 0.25) is 0 Å². The Bertz CT molecular complexity index is 1100. The molecule has 148 valence electrons. The zero-order chi connectivity index (χ0) is 20.6. The van der Waals surface area contributed by atoms with Gasteiger partial charge >= 0.3 is 175 Å². The Hall–Kier alpha value is -3.29. The minimum absolute atomic E-state index is 0.367. The van der Waals surface area contributed by atoms with Gasteiger partial charge in [-0.1, -0.05) is 0 Å². The second kappa shape index (κ2) is 7.51. The van der Waals surface area contributed by atoms with Crippen LogP contribution in [0.2, 0.25) is 0 Å². The van der Waals surface area contributed by atoms with E-state index in [2.05, 4.69) is 36.4 Å². The minimum atomic E-state index is -2.92. The molecule has 0 bridgehead atoms. The Balaban J connectivity index is 1.89. The second-order valence-electron chi connectivity index (χ2n) is 7.42. The quantitative estimate of drug-likeness (QED) is 0.357. The van der Waals surface area contributed by atoms with Gasteiger partial charge in [0, 0.05) is 0 Å². The third kappa shape index (κ3) is 2.86. The first kappa shape index (κ1) is 18.7. The Kier molecular flexibility index (Phi) is 4.69. The molecule has 30 heavy (non-hydrogen) atoms. The van der Waals surface area contributed by atoms with E-state index in [0.717, 1.165) is 15.9 Å². The van der Waals surface area contributed by atoms with E-state index in [1.54, 1.807) is 0 Å². The van der Waals surface area contributed by atoms with Gasteiger partial charge in [-0.3, -0.25) is 0 Å². The molecule has 0 radical (unpaired) electrons. The van der Waals surface area contributed by atoms with Gasteiger partial charge in [-0.25, -0.2) is 0 Å². The summed E-state index contributed by atoms with van der Waals surface area (Å²) in [4.78, 5) is 12.8. The van der Waals surface area contributed by atoms with Crippen molar-refractivity contribution >= 4 is 29.1 Å². The van der Waals surface area contributed by atoms with Crippen LogP contribution >= 0.6 is 7.26 Å². The van der Waals surface area contributed by atoms with Crippen molar-refractivity contribution in [3.63, 3.8) is 0 Å². The number of ether oxygens (including phenoxy) is 1. The third-order valence-corrected chi connectivity index (χ3v) is 10.8. The maximum absolute atomic E-state index is 14.3. The topological polar surface area (TPSA) is 26.3 Å². The van der Waals surface area contributed by atoms with Crippen molar-refractivity contribution in [1.29, 1.82) is 0 Å². The van der Waals surface area contributed by atoms with Crippen LogP contribution in [0.15, 0.2) is 109 Å². The fraction of sp³-hybridized carbons (Fsp3) is 0.0385. The van der Waals surface area contributed by atoms with Crippen LogP contribution in [0.1, 0.15) is 21.8 Å². The molecule has 1 aliphatic rings. The van der Waals surface area contributed by atoms with Crippen LogP contribution in [0.3, 0.4) is 0 Å². The number of carbonyl (C=O) groups is 1. The number of halogens is 1. The Morgan fingerprint density at radius 2 is 1.13 bits per heavy atom. The molecule has 5 rings (SSSR count). The first-order chi connectivity index (χ1) is 14.7. The zero-order valence-corrected chi connectivity index (χ0v) is 17.2. The molecular formula is C26H20FO2P. The molecule has 0 spiro atoms. The predicted molar refractivity (Wildman–Crippen MR) is 121 cm³/mol. The summed E-state index contributed by atoms with van der Waals surface area (Å²) in [5.41, 5.74) is 1.07. The SMILES string of the molecule is O=C1OC([PH](c2ccccc2)(c2ccccc2)c2ccccc2)c2cc(F)ccc21. The first-order valence-corrected chi connectivity index (χ1v) is 12.0. The van der Waals surface area contributed by atoms with E-state index in [1.165, 1.54) is 18.2 Å². The number of carbonyl (C=O) groups excluding carboxylic acids is 1. The summed E-state index contributed by atoms with van der Waals surface area (Å²) in [6.07, 6.45) is 0. The van der Waals surface area contributed by atoms with Gasteiger partial charge in [-0.15, -0.1) is 0 Å². The van der Waals surface area contributed by atoms with Crippen molar-refractivity contribution in [2.75, 3.05) is 0 Å². The average Bonchev–Trinajstić information content (AvgIpc) is 3.12. The van der Waals surface area contributed by atoms with Crippen molar-refractivity contribution < 1.29 is 13.9 Å². The molecule has 0 aromatic heterocycles. The first-order valence-electron chi connectivity index (χ1n) is 9.88. The number of hydrogen-bond acceptors (Lipinski definition) is 2. The monoisotopic (exact) mass is 414 g/mol. The van der Waals surface area contributed by atoms with Crippen LogP contribution < -0.4 is 15.9 Å². The number of rotatable bonds is 4. The number of fused-ring (bicyclic) bond motifs is 1. The summed E-state index contributed by atoms with van der Waals surface area (Å²) in [7, 11) is -2.92. The molecular weight excluding hydrogens is 394 g/mol. The van der Waals surface area contributed by atoms with Crippen molar-refractivity contribution in [1.82, 2.24) is 0 Å². The number of esters is 1. The van der Waals surface area contributed by atoms with Crippen LogP contribution in [0, 0.1) is 5.82 Å². The summed E-state index contributed by atoms with van der Waals surface area (Å²) in [6.45, 7) is 0. The molecule has 0 amide bonds. The molecule has 0 aliphatic carbocycles. The summed E-state index contributed by atoms with van der Waals surface area (Å²) >= 11 is 0. The third-order valence-electron chi connectivity index (χ3n) is 5.82. The average molecular weight is 414 g/mol. The number of cyclic esters (lactones) is 1. The van der Waals surface area contributed by atoms with E-state index in [9.17, 15) is 9.18 Å². The summed E-state index contributed by atoms with van der Waals surface area (Å²) in [6, 6.07) is 34.9. The van der Waals surface area contributed by atoms with Gasteiger partial charge < -0.3 is 0 Å². The van der Waals surface area contributed by atoms with Gasteiger partial charge in [0.15, 0.2) is 0 Å². The van der Waals surface area contributed by atoms with Crippen LogP contribution in [0.4, 0.5) is 4.39 Å². The molecule has 1 heterocycles. The predicted octanol–water partition coefficient (Wildman–Crippen LogP) is 4.72. The van der Waals surface area contributed by atoms with E-state index in [-0.39, 0.29) is 5.82 Å². The van der Waals surface area contributed by atoms with E-state index >= 15 is 0 Å². The summed E-state index contributed by atoms with van der Waals surface area (Å²) in [5.74, 6) is -1.33. The van der Waals surface area contributed by atoms with E-state index < -0.39 is 19.1 Å². The molecule has 0 N–H and O–H groups in total. The van der Waals surface area contributed by atoms with Gasteiger partial charge in [0.05, 0.1) is 0 Å². The molecule has 0 saturated heterocycles. The molecule has 4 aromatic rings. The number of benzene rings is 4. The van der Waals surface area contributed by atoms with Gasteiger partial charge in [0.1, 0.15) is 0 Å². The Morgan fingerprint density at radius 1 is 0.667 bits per heavy atom. The van der Waals surface area contributed by atoms with Gasteiger partial charge in [0.25, 0.3) is 0 Å². The van der Waals surface area contributed by atoms with Gasteiger partial charge in [-0.05, 0) is 0 Å². The molecule has 2 nitrogen and oxygen atoms in total. The van der Waals surface area contributed by atoms with E-state index in [1.807, 2.05) is 54.6 Å². The van der Waals surface area contributed by atoms with Crippen molar-refractivity contribution in [3.8, 4) is 0 Å². The summed E-state index contributed by atoms with van der Waals surface area (Å²) < 4.78 is 20.4. The van der Waals surface area contributed by atoms with Crippen LogP contribution in [-0.2, 0) is 4.74 Å². The molecule has 1 aliphatic heterocycles. The van der Waals surface area contributed by atoms with E-state index in [4.69, 9.17) is 4.74 Å². The van der Waals surface area contributed by atoms with Crippen LogP contribution in [-0.4, -0.2) is 5.97 Å². The molecule has 0 saturated carbocycles. The number of hydrogen-bond donors (Lipinski definition) is 0. The Labute approximate surface area is 175 Å². The molecule has 4 aromatic carbocycles. The van der Waals surface area contributed by atoms with Crippen molar-refractivity contribution in [2.45, 2.75) is 5.85 Å². The standard InChI is InChI=1S/C26H20FO2P/c27-19-16-17-23-24(18-19)26(29-25(23)28)30(20-10-4-1-5-11-20,21-12-6-2-7-13-21)22-14-8-3-9-15-22/h1-18,26,30H. The zero-order valence-electron chi connectivity index (χ0n) is 16.2. The second-order valence-corrected chi connectivity index (χ2v) is 11.3. The summed E-state index contributed by atoms with van der Waals surface area (Å²) in [5, 5.41) is 3.33. The van der Waals surface area contributed by atoms with Crippen LogP contribution in [0.5, 0.6) is 0 Å². The normalized spacial score (nSPS) is 16.0.